The van der Waals surface area contributed by atoms with Crippen molar-refractivity contribution in [3.63, 3.8) is 0 Å². The van der Waals surface area contributed by atoms with E-state index in [0.29, 0.717) is 12.3 Å². The summed E-state index contributed by atoms with van der Waals surface area (Å²) < 4.78 is 33.7. The van der Waals surface area contributed by atoms with E-state index in [9.17, 15) is 18.7 Å². The highest BCUT2D eigenvalue weighted by atomic mass is 19.1. The molecule has 1 saturated carbocycles. The van der Waals surface area contributed by atoms with Gasteiger partial charge >= 0.3 is 5.97 Å². The molecule has 0 amide bonds. The van der Waals surface area contributed by atoms with Crippen molar-refractivity contribution in [2.75, 3.05) is 13.1 Å². The van der Waals surface area contributed by atoms with Crippen LogP contribution in [-0.4, -0.2) is 35.2 Å². The molecule has 1 aliphatic carbocycles. The van der Waals surface area contributed by atoms with Crippen molar-refractivity contribution in [2.45, 2.75) is 50.7 Å². The highest BCUT2D eigenvalue weighted by molar-refractivity contribution is 5.88. The van der Waals surface area contributed by atoms with Crippen molar-refractivity contribution in [3.8, 4) is 5.75 Å². The molecule has 4 rings (SSSR count). The lowest BCUT2D eigenvalue weighted by molar-refractivity contribution is 0.0647. The monoisotopic (exact) mass is 401 g/mol. The van der Waals surface area contributed by atoms with Crippen LogP contribution in [0.4, 0.5) is 8.78 Å². The molecule has 0 bridgehead atoms. The van der Waals surface area contributed by atoms with Gasteiger partial charge < -0.3 is 9.84 Å². The molecule has 0 unspecified atom stereocenters. The third-order valence-electron chi connectivity index (χ3n) is 5.95. The second kappa shape index (κ2) is 8.11. The number of carboxylic acid groups (broad SMARTS) is 1. The fourth-order valence-corrected chi connectivity index (χ4v) is 4.10. The zero-order chi connectivity index (χ0) is 20.5. The molecule has 2 aliphatic rings. The van der Waals surface area contributed by atoms with Crippen molar-refractivity contribution < 1.29 is 23.4 Å². The van der Waals surface area contributed by atoms with Crippen molar-refractivity contribution >= 4 is 5.97 Å². The smallest absolute Gasteiger partial charge is 0.338 e. The van der Waals surface area contributed by atoms with E-state index in [0.717, 1.165) is 43.4 Å². The van der Waals surface area contributed by atoms with Gasteiger partial charge in [0, 0.05) is 18.7 Å². The SMILES string of the molecule is C[C@@H](c1ccc(F)cc1)N1CCC[C@@H](Oc2cc(F)c(C(=O)O)cc2C2CC2)C1. The molecule has 2 aromatic carbocycles. The highest BCUT2D eigenvalue weighted by Gasteiger charge is 2.32. The van der Waals surface area contributed by atoms with Crippen LogP contribution in [0, 0.1) is 11.6 Å². The first-order valence-electron chi connectivity index (χ1n) is 10.1. The Hall–Kier alpha value is -2.47. The summed E-state index contributed by atoms with van der Waals surface area (Å²) in [6.07, 6.45) is 3.65. The normalized spacial score (nSPS) is 21.0. The van der Waals surface area contributed by atoms with Crippen LogP contribution < -0.4 is 4.74 Å². The lowest BCUT2D eigenvalue weighted by Crippen LogP contribution is -2.42. The summed E-state index contributed by atoms with van der Waals surface area (Å²) in [7, 11) is 0. The van der Waals surface area contributed by atoms with Gasteiger partial charge in [-0.25, -0.2) is 13.6 Å². The Labute approximate surface area is 169 Å². The van der Waals surface area contributed by atoms with Crippen LogP contribution in [0.25, 0.3) is 0 Å². The van der Waals surface area contributed by atoms with E-state index in [-0.39, 0.29) is 29.4 Å². The zero-order valence-electron chi connectivity index (χ0n) is 16.4. The fraction of sp³-hybridized carbons (Fsp3) is 0.435. The predicted molar refractivity (Wildman–Crippen MR) is 105 cm³/mol. The summed E-state index contributed by atoms with van der Waals surface area (Å²) in [5, 5.41) is 9.21. The maximum atomic E-state index is 14.3. The molecule has 1 heterocycles. The standard InChI is InChI=1S/C23H25F2NO3/c1-14(15-6-8-17(24)9-7-15)26-10-2-3-18(13-26)29-22-12-21(25)20(23(27)28)11-19(22)16-4-5-16/h6-9,11-12,14,16,18H,2-5,10,13H2,1H3,(H,27,28)/t14-,18+/m0/s1. The average molecular weight is 401 g/mol. The number of likely N-dealkylation sites (tertiary alicyclic amines) is 1. The van der Waals surface area contributed by atoms with Crippen LogP contribution in [0.2, 0.25) is 0 Å². The number of hydrogen-bond donors (Lipinski definition) is 1. The Morgan fingerprint density at radius 3 is 2.55 bits per heavy atom. The number of piperidine rings is 1. The summed E-state index contributed by atoms with van der Waals surface area (Å²) in [5.41, 5.74) is 1.55. The Kier molecular flexibility index (Phi) is 5.54. The third-order valence-corrected chi connectivity index (χ3v) is 5.95. The lowest BCUT2D eigenvalue weighted by atomic mass is 10.0. The van der Waals surface area contributed by atoms with Gasteiger partial charge in [0.2, 0.25) is 0 Å². The molecule has 0 radical (unpaired) electrons. The van der Waals surface area contributed by atoms with E-state index >= 15 is 0 Å². The van der Waals surface area contributed by atoms with Gasteiger partial charge in [0.1, 0.15) is 23.5 Å². The van der Waals surface area contributed by atoms with Gasteiger partial charge in [-0.1, -0.05) is 12.1 Å². The average Bonchev–Trinajstić information content (AvgIpc) is 3.53. The minimum Gasteiger partial charge on any atom is -0.489 e. The number of carbonyl (C=O) groups is 1. The molecule has 6 heteroatoms. The first-order valence-corrected chi connectivity index (χ1v) is 10.1. The summed E-state index contributed by atoms with van der Waals surface area (Å²) in [4.78, 5) is 13.6. The van der Waals surface area contributed by atoms with Gasteiger partial charge in [-0.15, -0.1) is 0 Å². The number of aromatic carboxylic acids is 1. The van der Waals surface area contributed by atoms with Crippen LogP contribution in [0.15, 0.2) is 36.4 Å². The van der Waals surface area contributed by atoms with Crippen molar-refractivity contribution in [2.24, 2.45) is 0 Å². The Morgan fingerprint density at radius 1 is 1.17 bits per heavy atom. The molecule has 29 heavy (non-hydrogen) atoms. The van der Waals surface area contributed by atoms with E-state index in [1.165, 1.54) is 24.3 Å². The number of halogens is 2. The number of nitrogens with zero attached hydrogens (tertiary/aromatic N) is 1. The van der Waals surface area contributed by atoms with Crippen LogP contribution in [-0.2, 0) is 0 Å². The Bertz CT molecular complexity index is 896. The second-order valence-corrected chi connectivity index (χ2v) is 8.05. The molecule has 1 saturated heterocycles. The minimum atomic E-state index is -1.26. The van der Waals surface area contributed by atoms with Gasteiger partial charge in [-0.3, -0.25) is 4.90 Å². The number of rotatable bonds is 6. The first-order chi connectivity index (χ1) is 13.9. The molecular weight excluding hydrogens is 376 g/mol. The maximum Gasteiger partial charge on any atom is 0.338 e. The van der Waals surface area contributed by atoms with Crippen molar-refractivity contribution in [1.82, 2.24) is 4.90 Å². The number of ether oxygens (including phenoxy) is 1. The largest absolute Gasteiger partial charge is 0.489 e. The van der Waals surface area contributed by atoms with E-state index in [1.807, 2.05) is 0 Å². The van der Waals surface area contributed by atoms with Gasteiger partial charge in [0.25, 0.3) is 0 Å². The van der Waals surface area contributed by atoms with Crippen LogP contribution in [0.1, 0.15) is 66.1 Å². The highest BCUT2D eigenvalue weighted by Crippen LogP contribution is 2.45. The molecule has 4 nitrogen and oxygen atoms in total. The number of carboxylic acids is 1. The van der Waals surface area contributed by atoms with Crippen molar-refractivity contribution in [1.29, 1.82) is 0 Å². The van der Waals surface area contributed by atoms with Crippen LogP contribution >= 0.6 is 0 Å². The van der Waals surface area contributed by atoms with E-state index < -0.39 is 11.8 Å². The second-order valence-electron chi connectivity index (χ2n) is 8.05. The molecule has 2 aromatic rings. The van der Waals surface area contributed by atoms with E-state index in [4.69, 9.17) is 4.74 Å². The van der Waals surface area contributed by atoms with Gasteiger partial charge in [0.15, 0.2) is 0 Å². The van der Waals surface area contributed by atoms with Gasteiger partial charge in [0.05, 0.1) is 5.56 Å². The van der Waals surface area contributed by atoms with Gasteiger partial charge in [-0.2, -0.15) is 0 Å². The maximum absolute atomic E-state index is 14.3. The molecule has 0 spiro atoms. The van der Waals surface area contributed by atoms with Crippen LogP contribution in [0.3, 0.4) is 0 Å². The Balaban J connectivity index is 1.50. The minimum absolute atomic E-state index is 0.0979. The number of benzene rings is 2. The van der Waals surface area contributed by atoms with E-state index in [2.05, 4.69) is 11.8 Å². The van der Waals surface area contributed by atoms with Crippen LogP contribution in [0.5, 0.6) is 5.75 Å². The lowest BCUT2D eigenvalue weighted by Gasteiger charge is -2.37. The fourth-order valence-electron chi connectivity index (χ4n) is 4.10. The summed E-state index contributed by atoms with van der Waals surface area (Å²) in [6, 6.07) is 9.34. The molecule has 2 fully saturated rings. The summed E-state index contributed by atoms with van der Waals surface area (Å²) >= 11 is 0. The quantitative estimate of drug-likeness (QED) is 0.728. The molecule has 154 valence electrons. The molecule has 1 N–H and O–H groups in total. The topological polar surface area (TPSA) is 49.8 Å². The van der Waals surface area contributed by atoms with E-state index in [1.54, 1.807) is 12.1 Å². The molecule has 2 atom stereocenters. The zero-order valence-corrected chi connectivity index (χ0v) is 16.4. The predicted octanol–water partition coefficient (Wildman–Crippen LogP) is 5.14. The molecule has 0 aromatic heterocycles. The first kappa shape index (κ1) is 19.8. The van der Waals surface area contributed by atoms with Gasteiger partial charge in [-0.05, 0) is 74.4 Å². The molecular formula is C23H25F2NO3. The summed E-state index contributed by atoms with van der Waals surface area (Å²) in [6.45, 7) is 3.69. The van der Waals surface area contributed by atoms with Crippen molar-refractivity contribution in [3.05, 3.63) is 64.7 Å². The molecule has 1 aliphatic heterocycles. The third kappa shape index (κ3) is 4.42. The Morgan fingerprint density at radius 2 is 1.90 bits per heavy atom. The number of hydrogen-bond acceptors (Lipinski definition) is 3. The summed E-state index contributed by atoms with van der Waals surface area (Å²) in [5.74, 6) is -1.55.